The first-order valence-electron chi connectivity index (χ1n) is 6.63. The minimum absolute atomic E-state index is 0.156. The second-order valence-corrected chi connectivity index (χ2v) is 4.97. The third-order valence-electron chi connectivity index (χ3n) is 3.18. The molecular formula is C15H24N2O2. The van der Waals surface area contributed by atoms with Crippen molar-refractivity contribution in [2.75, 3.05) is 27.2 Å². The number of hydrogen-bond acceptors (Lipinski definition) is 3. The van der Waals surface area contributed by atoms with Crippen molar-refractivity contribution in [3.8, 4) is 5.75 Å². The van der Waals surface area contributed by atoms with Gasteiger partial charge in [0.25, 0.3) is 0 Å². The van der Waals surface area contributed by atoms with E-state index in [-0.39, 0.29) is 5.91 Å². The van der Waals surface area contributed by atoms with Crippen LogP contribution < -0.4 is 10.5 Å². The first kappa shape index (κ1) is 15.5. The summed E-state index contributed by atoms with van der Waals surface area (Å²) in [5.41, 5.74) is 6.68. The number of methoxy groups -OCH3 is 1. The number of carbonyl (C=O) groups excluding carboxylic acids is 1. The van der Waals surface area contributed by atoms with Crippen LogP contribution in [0.3, 0.4) is 0 Å². The molecular weight excluding hydrogens is 240 g/mol. The third kappa shape index (κ3) is 5.30. The zero-order valence-electron chi connectivity index (χ0n) is 12.1. The van der Waals surface area contributed by atoms with Gasteiger partial charge in [-0.1, -0.05) is 19.1 Å². The highest BCUT2D eigenvalue weighted by atomic mass is 16.5. The van der Waals surface area contributed by atoms with Gasteiger partial charge in [-0.05, 0) is 36.6 Å². The lowest BCUT2D eigenvalue weighted by Crippen LogP contribution is -2.33. The Morgan fingerprint density at radius 1 is 1.47 bits per heavy atom. The molecule has 1 atom stereocenters. The van der Waals surface area contributed by atoms with Crippen LogP contribution in [0.1, 0.15) is 18.9 Å². The molecule has 1 amide bonds. The highest BCUT2D eigenvalue weighted by molar-refractivity contribution is 5.76. The number of nitrogens with zero attached hydrogens (tertiary/aromatic N) is 1. The standard InChI is InChI=1S/C15H24N2O2/c1-12(10-16)11-17(2)15(18)8-7-13-5-4-6-14(9-13)19-3/h4-6,9,12H,7-8,10-11,16H2,1-3H3. The van der Waals surface area contributed by atoms with Gasteiger partial charge < -0.3 is 15.4 Å². The molecule has 1 aromatic rings. The Balaban J connectivity index is 2.44. The Labute approximate surface area is 115 Å². The van der Waals surface area contributed by atoms with Crippen molar-refractivity contribution in [2.45, 2.75) is 19.8 Å². The molecule has 1 rings (SSSR count). The maximum atomic E-state index is 12.0. The lowest BCUT2D eigenvalue weighted by molar-refractivity contribution is -0.130. The molecule has 0 fully saturated rings. The minimum Gasteiger partial charge on any atom is -0.497 e. The van der Waals surface area contributed by atoms with Gasteiger partial charge in [0.15, 0.2) is 0 Å². The van der Waals surface area contributed by atoms with Crippen molar-refractivity contribution in [3.63, 3.8) is 0 Å². The fourth-order valence-corrected chi connectivity index (χ4v) is 1.91. The Kier molecular flexibility index (Phi) is 6.36. The molecule has 0 aliphatic rings. The maximum Gasteiger partial charge on any atom is 0.222 e. The van der Waals surface area contributed by atoms with Crippen molar-refractivity contribution >= 4 is 5.91 Å². The molecule has 0 aliphatic carbocycles. The summed E-state index contributed by atoms with van der Waals surface area (Å²) >= 11 is 0. The molecule has 0 aliphatic heterocycles. The highest BCUT2D eigenvalue weighted by Crippen LogP contribution is 2.14. The molecule has 106 valence electrons. The number of hydrogen-bond donors (Lipinski definition) is 1. The van der Waals surface area contributed by atoms with Gasteiger partial charge in [0.2, 0.25) is 5.91 Å². The predicted octanol–water partition coefficient (Wildman–Crippen LogP) is 1.68. The number of rotatable bonds is 7. The van der Waals surface area contributed by atoms with Crippen molar-refractivity contribution in [3.05, 3.63) is 29.8 Å². The summed E-state index contributed by atoms with van der Waals surface area (Å²) in [6.45, 7) is 3.37. The smallest absolute Gasteiger partial charge is 0.222 e. The average Bonchev–Trinajstić information content (AvgIpc) is 2.44. The van der Waals surface area contributed by atoms with Gasteiger partial charge in [0, 0.05) is 20.0 Å². The van der Waals surface area contributed by atoms with Gasteiger partial charge in [-0.25, -0.2) is 0 Å². The third-order valence-corrected chi connectivity index (χ3v) is 3.18. The first-order valence-corrected chi connectivity index (χ1v) is 6.63. The molecule has 0 saturated heterocycles. The van der Waals surface area contributed by atoms with Crippen LogP contribution in [0.5, 0.6) is 5.75 Å². The molecule has 0 radical (unpaired) electrons. The molecule has 19 heavy (non-hydrogen) atoms. The molecule has 0 heterocycles. The molecule has 1 aromatic carbocycles. The topological polar surface area (TPSA) is 55.6 Å². The fraction of sp³-hybridized carbons (Fsp3) is 0.533. The fourth-order valence-electron chi connectivity index (χ4n) is 1.91. The lowest BCUT2D eigenvalue weighted by atomic mass is 10.1. The van der Waals surface area contributed by atoms with Crippen LogP contribution in [0.15, 0.2) is 24.3 Å². The number of nitrogens with two attached hydrogens (primary N) is 1. The number of aryl methyl sites for hydroxylation is 1. The summed E-state index contributed by atoms with van der Waals surface area (Å²) in [7, 11) is 3.48. The van der Waals surface area contributed by atoms with E-state index in [0.29, 0.717) is 25.4 Å². The Hall–Kier alpha value is -1.55. The van der Waals surface area contributed by atoms with Crippen LogP contribution in [-0.2, 0) is 11.2 Å². The lowest BCUT2D eigenvalue weighted by Gasteiger charge is -2.20. The summed E-state index contributed by atoms with van der Waals surface area (Å²) < 4.78 is 5.17. The van der Waals surface area contributed by atoms with Gasteiger partial charge in [0.05, 0.1) is 7.11 Å². The number of carbonyl (C=O) groups is 1. The predicted molar refractivity (Wildman–Crippen MR) is 77.2 cm³/mol. The first-order chi connectivity index (χ1) is 9.06. The van der Waals surface area contributed by atoms with Gasteiger partial charge >= 0.3 is 0 Å². The van der Waals surface area contributed by atoms with Gasteiger partial charge in [-0.3, -0.25) is 4.79 Å². The number of benzene rings is 1. The highest BCUT2D eigenvalue weighted by Gasteiger charge is 2.11. The van der Waals surface area contributed by atoms with Crippen LogP contribution in [0.25, 0.3) is 0 Å². The Morgan fingerprint density at radius 2 is 2.21 bits per heavy atom. The molecule has 1 unspecified atom stereocenters. The largest absolute Gasteiger partial charge is 0.497 e. The van der Waals surface area contributed by atoms with Crippen LogP contribution >= 0.6 is 0 Å². The van der Waals surface area contributed by atoms with E-state index in [1.807, 2.05) is 38.2 Å². The molecule has 0 saturated carbocycles. The number of amides is 1. The molecule has 0 bridgehead atoms. The van der Waals surface area contributed by atoms with E-state index >= 15 is 0 Å². The van der Waals surface area contributed by atoms with Crippen molar-refractivity contribution in [2.24, 2.45) is 11.7 Å². The Morgan fingerprint density at radius 3 is 2.84 bits per heavy atom. The van der Waals surface area contributed by atoms with Gasteiger partial charge in [0.1, 0.15) is 5.75 Å². The van der Waals surface area contributed by atoms with Crippen LogP contribution in [0, 0.1) is 5.92 Å². The van der Waals surface area contributed by atoms with E-state index in [0.717, 1.165) is 17.7 Å². The molecule has 0 aromatic heterocycles. The summed E-state index contributed by atoms with van der Waals surface area (Å²) in [6.07, 6.45) is 1.25. The normalized spacial score (nSPS) is 12.0. The maximum absolute atomic E-state index is 12.0. The molecule has 2 N–H and O–H groups in total. The van der Waals surface area contributed by atoms with Gasteiger partial charge in [-0.2, -0.15) is 0 Å². The van der Waals surface area contributed by atoms with E-state index in [9.17, 15) is 4.79 Å². The van der Waals surface area contributed by atoms with E-state index in [4.69, 9.17) is 10.5 Å². The number of ether oxygens (including phenoxy) is 1. The second-order valence-electron chi connectivity index (χ2n) is 4.97. The second kappa shape index (κ2) is 7.79. The minimum atomic E-state index is 0.156. The van der Waals surface area contributed by atoms with Crippen LogP contribution in [0.2, 0.25) is 0 Å². The molecule has 4 heteroatoms. The van der Waals surface area contributed by atoms with Crippen molar-refractivity contribution in [1.82, 2.24) is 4.90 Å². The Bertz CT molecular complexity index is 407. The zero-order chi connectivity index (χ0) is 14.3. The molecule has 0 spiro atoms. The summed E-state index contributed by atoms with van der Waals surface area (Å²) in [4.78, 5) is 13.7. The summed E-state index contributed by atoms with van der Waals surface area (Å²) in [5, 5.41) is 0. The quantitative estimate of drug-likeness (QED) is 0.815. The van der Waals surface area contributed by atoms with Crippen molar-refractivity contribution < 1.29 is 9.53 Å². The van der Waals surface area contributed by atoms with Gasteiger partial charge in [-0.15, -0.1) is 0 Å². The zero-order valence-corrected chi connectivity index (χ0v) is 12.1. The van der Waals surface area contributed by atoms with E-state index in [2.05, 4.69) is 0 Å². The van der Waals surface area contributed by atoms with Crippen molar-refractivity contribution in [1.29, 1.82) is 0 Å². The monoisotopic (exact) mass is 264 g/mol. The SMILES string of the molecule is COc1cccc(CCC(=O)N(C)CC(C)CN)c1. The van der Waals surface area contributed by atoms with E-state index < -0.39 is 0 Å². The van der Waals surface area contributed by atoms with E-state index in [1.54, 1.807) is 12.0 Å². The van der Waals surface area contributed by atoms with Crippen LogP contribution in [-0.4, -0.2) is 38.1 Å². The molecule has 4 nitrogen and oxygen atoms in total. The average molecular weight is 264 g/mol. The van der Waals surface area contributed by atoms with Crippen LogP contribution in [0.4, 0.5) is 0 Å². The summed E-state index contributed by atoms with van der Waals surface area (Å²) in [5.74, 6) is 1.32. The summed E-state index contributed by atoms with van der Waals surface area (Å²) in [6, 6.07) is 7.83. The van der Waals surface area contributed by atoms with E-state index in [1.165, 1.54) is 0 Å².